The molecule has 0 bridgehead atoms. The molecule has 0 atom stereocenters. The van der Waals surface area contributed by atoms with Gasteiger partial charge in [-0.2, -0.15) is 0 Å². The van der Waals surface area contributed by atoms with E-state index in [9.17, 15) is 9.59 Å². The van der Waals surface area contributed by atoms with Crippen LogP contribution >= 0.6 is 11.3 Å². The molecule has 2 heterocycles. The predicted octanol–water partition coefficient (Wildman–Crippen LogP) is 2.88. The Morgan fingerprint density at radius 3 is 2.58 bits per heavy atom. The van der Waals surface area contributed by atoms with E-state index in [1.165, 1.54) is 5.39 Å². The molecule has 0 radical (unpaired) electrons. The lowest BCUT2D eigenvalue weighted by atomic mass is 10.1. The lowest BCUT2D eigenvalue weighted by Gasteiger charge is -2.34. The molecule has 1 aromatic heterocycles. The highest BCUT2D eigenvalue weighted by Gasteiger charge is 2.25. The van der Waals surface area contributed by atoms with Gasteiger partial charge in [0.1, 0.15) is 0 Å². The lowest BCUT2D eigenvalue weighted by molar-refractivity contribution is -0.122. The standard InChI is InChI=1S/C20H27N3O2S/c1-3-4-9-21-18(24)14-22-10-12-23(13-11-22)20(25)19-15(2)16-7-5-6-8-17(16)26-19/h5-8H,3-4,9-14H2,1-2H3,(H,21,24). The molecule has 5 nitrogen and oxygen atoms in total. The number of fused-ring (bicyclic) bond motifs is 1. The smallest absolute Gasteiger partial charge is 0.264 e. The minimum absolute atomic E-state index is 0.0820. The van der Waals surface area contributed by atoms with Crippen LogP contribution in [0.5, 0.6) is 0 Å². The van der Waals surface area contributed by atoms with Crippen LogP contribution in [0.15, 0.2) is 24.3 Å². The van der Waals surface area contributed by atoms with Crippen molar-refractivity contribution in [1.82, 2.24) is 15.1 Å². The Balaban J connectivity index is 1.55. The van der Waals surface area contributed by atoms with Crippen LogP contribution in [0.1, 0.15) is 35.0 Å². The molecule has 2 aromatic rings. The number of unbranched alkanes of at least 4 members (excludes halogenated alkanes) is 1. The van der Waals surface area contributed by atoms with Crippen LogP contribution in [-0.4, -0.2) is 60.9 Å². The summed E-state index contributed by atoms with van der Waals surface area (Å²) in [5.41, 5.74) is 1.08. The topological polar surface area (TPSA) is 52.7 Å². The summed E-state index contributed by atoms with van der Waals surface area (Å²) in [4.78, 5) is 29.8. The van der Waals surface area contributed by atoms with E-state index >= 15 is 0 Å². The highest BCUT2D eigenvalue weighted by Crippen LogP contribution is 2.31. The fraction of sp³-hybridized carbons (Fsp3) is 0.500. The molecule has 2 amide bonds. The van der Waals surface area contributed by atoms with Gasteiger partial charge in [-0.05, 0) is 30.4 Å². The molecule has 0 unspecified atom stereocenters. The van der Waals surface area contributed by atoms with E-state index < -0.39 is 0 Å². The highest BCUT2D eigenvalue weighted by molar-refractivity contribution is 7.21. The second-order valence-electron chi connectivity index (χ2n) is 6.82. The molecule has 1 saturated heterocycles. The van der Waals surface area contributed by atoms with Gasteiger partial charge < -0.3 is 10.2 Å². The predicted molar refractivity (Wildman–Crippen MR) is 107 cm³/mol. The minimum atomic E-state index is 0.0820. The van der Waals surface area contributed by atoms with Gasteiger partial charge in [0.25, 0.3) is 5.91 Å². The molecule has 26 heavy (non-hydrogen) atoms. The van der Waals surface area contributed by atoms with Gasteiger partial charge in [-0.25, -0.2) is 0 Å². The summed E-state index contributed by atoms with van der Waals surface area (Å²) in [6.07, 6.45) is 2.10. The normalized spacial score (nSPS) is 15.4. The molecule has 1 aliphatic heterocycles. The number of rotatable bonds is 6. The highest BCUT2D eigenvalue weighted by atomic mass is 32.1. The summed E-state index contributed by atoms with van der Waals surface area (Å²) in [5.74, 6) is 0.203. The molecular weight excluding hydrogens is 346 g/mol. The molecule has 140 valence electrons. The van der Waals surface area contributed by atoms with Gasteiger partial charge in [-0.1, -0.05) is 31.5 Å². The van der Waals surface area contributed by atoms with Gasteiger partial charge >= 0.3 is 0 Å². The largest absolute Gasteiger partial charge is 0.355 e. The number of piperazine rings is 1. The van der Waals surface area contributed by atoms with Crippen LogP contribution < -0.4 is 5.32 Å². The first-order valence-corrected chi connectivity index (χ1v) is 10.2. The van der Waals surface area contributed by atoms with Crippen LogP contribution in [0.3, 0.4) is 0 Å². The molecule has 0 saturated carbocycles. The lowest BCUT2D eigenvalue weighted by Crippen LogP contribution is -2.51. The maximum atomic E-state index is 12.9. The first-order valence-electron chi connectivity index (χ1n) is 9.36. The summed E-state index contributed by atoms with van der Waals surface area (Å²) >= 11 is 1.58. The van der Waals surface area contributed by atoms with Crippen molar-refractivity contribution in [3.8, 4) is 0 Å². The maximum Gasteiger partial charge on any atom is 0.264 e. The van der Waals surface area contributed by atoms with Crippen LogP contribution in [0.25, 0.3) is 10.1 Å². The zero-order valence-corrected chi connectivity index (χ0v) is 16.4. The van der Waals surface area contributed by atoms with E-state index in [0.29, 0.717) is 19.6 Å². The number of nitrogens with zero attached hydrogens (tertiary/aromatic N) is 2. The SMILES string of the molecule is CCCCNC(=O)CN1CCN(C(=O)c2sc3ccccc3c2C)CC1. The van der Waals surface area contributed by atoms with E-state index in [4.69, 9.17) is 0 Å². The van der Waals surface area contributed by atoms with E-state index in [1.807, 2.05) is 24.0 Å². The van der Waals surface area contributed by atoms with Gasteiger partial charge in [0, 0.05) is 37.4 Å². The van der Waals surface area contributed by atoms with Crippen molar-refractivity contribution in [2.45, 2.75) is 26.7 Å². The Morgan fingerprint density at radius 2 is 1.88 bits per heavy atom. The molecule has 0 aliphatic carbocycles. The number of hydrogen-bond donors (Lipinski definition) is 1. The summed E-state index contributed by atoms with van der Waals surface area (Å²) < 4.78 is 1.16. The van der Waals surface area contributed by atoms with E-state index in [-0.39, 0.29) is 11.8 Å². The van der Waals surface area contributed by atoms with Gasteiger partial charge in [-0.3, -0.25) is 14.5 Å². The maximum absolute atomic E-state index is 12.9. The van der Waals surface area contributed by atoms with Crippen LogP contribution in [0, 0.1) is 6.92 Å². The Hall–Kier alpha value is -1.92. The number of aryl methyl sites for hydroxylation is 1. The summed E-state index contributed by atoms with van der Waals surface area (Å²) in [5, 5.41) is 4.12. The molecule has 1 aliphatic rings. The molecule has 0 spiro atoms. The van der Waals surface area contributed by atoms with Crippen molar-refractivity contribution >= 4 is 33.2 Å². The number of hydrogen-bond acceptors (Lipinski definition) is 4. The number of carbonyl (C=O) groups excluding carboxylic acids is 2. The summed E-state index contributed by atoms with van der Waals surface area (Å²) in [7, 11) is 0. The van der Waals surface area contributed by atoms with Crippen molar-refractivity contribution in [3.05, 3.63) is 34.7 Å². The van der Waals surface area contributed by atoms with E-state index in [2.05, 4.69) is 29.3 Å². The van der Waals surface area contributed by atoms with Crippen molar-refractivity contribution < 1.29 is 9.59 Å². The Labute approximate surface area is 159 Å². The van der Waals surface area contributed by atoms with Crippen molar-refractivity contribution in [1.29, 1.82) is 0 Å². The fourth-order valence-corrected chi connectivity index (χ4v) is 4.47. The van der Waals surface area contributed by atoms with Crippen LogP contribution in [0.2, 0.25) is 0 Å². The second-order valence-corrected chi connectivity index (χ2v) is 7.88. The number of carbonyl (C=O) groups is 2. The van der Waals surface area contributed by atoms with Gasteiger partial charge in [0.15, 0.2) is 0 Å². The first kappa shape index (κ1) is 18.9. The summed E-state index contributed by atoms with van der Waals surface area (Å²) in [6.45, 7) is 8.16. The quantitative estimate of drug-likeness (QED) is 0.792. The van der Waals surface area contributed by atoms with Crippen LogP contribution in [-0.2, 0) is 4.79 Å². The van der Waals surface area contributed by atoms with Crippen molar-refractivity contribution in [2.75, 3.05) is 39.3 Å². The molecule has 1 aromatic carbocycles. The Bertz CT molecular complexity index is 778. The van der Waals surface area contributed by atoms with E-state index in [1.54, 1.807) is 11.3 Å². The molecule has 1 N–H and O–H groups in total. The molecule has 3 rings (SSSR count). The number of benzene rings is 1. The van der Waals surface area contributed by atoms with Crippen molar-refractivity contribution in [2.24, 2.45) is 0 Å². The summed E-state index contributed by atoms with van der Waals surface area (Å²) in [6, 6.07) is 8.17. The number of amides is 2. The van der Waals surface area contributed by atoms with Crippen LogP contribution in [0.4, 0.5) is 0 Å². The average molecular weight is 374 g/mol. The molecular formula is C20H27N3O2S. The first-order chi connectivity index (χ1) is 12.6. The third-order valence-electron chi connectivity index (χ3n) is 4.92. The second kappa shape index (κ2) is 8.64. The Morgan fingerprint density at radius 1 is 1.15 bits per heavy atom. The van der Waals surface area contributed by atoms with Gasteiger partial charge in [0.2, 0.25) is 5.91 Å². The monoisotopic (exact) mass is 373 g/mol. The van der Waals surface area contributed by atoms with Crippen molar-refractivity contribution in [3.63, 3.8) is 0 Å². The average Bonchev–Trinajstić information content (AvgIpc) is 2.99. The molecule has 1 fully saturated rings. The fourth-order valence-electron chi connectivity index (χ4n) is 3.29. The third-order valence-corrected chi connectivity index (χ3v) is 6.18. The number of nitrogens with one attached hydrogen (secondary N) is 1. The zero-order valence-electron chi connectivity index (χ0n) is 15.6. The number of thiophene rings is 1. The minimum Gasteiger partial charge on any atom is -0.355 e. The van der Waals surface area contributed by atoms with E-state index in [0.717, 1.165) is 47.6 Å². The zero-order chi connectivity index (χ0) is 18.5. The Kier molecular flexibility index (Phi) is 6.27. The van der Waals surface area contributed by atoms with Gasteiger partial charge in [-0.15, -0.1) is 11.3 Å². The third kappa shape index (κ3) is 4.24. The molecule has 6 heteroatoms. The van der Waals surface area contributed by atoms with Gasteiger partial charge in [0.05, 0.1) is 11.4 Å².